The van der Waals surface area contributed by atoms with Gasteiger partial charge in [-0.3, -0.25) is 30.1 Å². The van der Waals surface area contributed by atoms with Crippen LogP contribution < -0.4 is 27.1 Å². The summed E-state index contributed by atoms with van der Waals surface area (Å²) in [5.74, 6) is -3.42. The molecule has 14 nitrogen and oxygen atoms in total. The fourth-order valence-electron chi connectivity index (χ4n) is 5.79. The van der Waals surface area contributed by atoms with Crippen LogP contribution in [0.5, 0.6) is 0 Å². The van der Waals surface area contributed by atoms with Crippen LogP contribution >= 0.6 is 0 Å². The molecule has 0 radical (unpaired) electrons. The lowest BCUT2D eigenvalue weighted by Gasteiger charge is -2.46. The molecule has 14 heteroatoms. The first-order valence-electron chi connectivity index (χ1n) is 12.6. The van der Waals surface area contributed by atoms with Crippen LogP contribution in [0.3, 0.4) is 0 Å². The van der Waals surface area contributed by atoms with E-state index in [4.69, 9.17) is 16.2 Å². The predicted octanol–water partition coefficient (Wildman–Crippen LogP) is -4.07. The number of likely N-dealkylation sites (tertiary alicyclic amines) is 1. The number of amides is 3. The molecule has 0 unspecified atom stereocenters. The first-order chi connectivity index (χ1) is 18.0. The Balaban J connectivity index is 1.27. The second kappa shape index (κ2) is 9.44. The SMILES string of the molecule is Cc1cccc(CCCNC(=O)O[C@H]2CN3C(N)=N[C@@H](CN4C(=O)CCC4=O)[C@@H]4[NH+]=C(N)N[C@@]43C2(O)O)c1. The third kappa shape index (κ3) is 4.19. The van der Waals surface area contributed by atoms with E-state index in [0.29, 0.717) is 13.0 Å². The number of alkyl carbamates (subject to hydrolysis) is 1. The van der Waals surface area contributed by atoms with Gasteiger partial charge in [-0.25, -0.2) is 15.1 Å². The summed E-state index contributed by atoms with van der Waals surface area (Å²) in [4.78, 5) is 46.8. The lowest BCUT2D eigenvalue weighted by atomic mass is 9.85. The molecule has 204 valence electrons. The summed E-state index contributed by atoms with van der Waals surface area (Å²) in [5.41, 5.74) is 12.8. The predicted molar refractivity (Wildman–Crippen MR) is 133 cm³/mol. The Hall–Kier alpha value is -3.91. The van der Waals surface area contributed by atoms with Crippen LogP contribution in [0.2, 0.25) is 0 Å². The van der Waals surface area contributed by atoms with Crippen molar-refractivity contribution in [1.82, 2.24) is 20.4 Å². The molecule has 0 aromatic heterocycles. The van der Waals surface area contributed by atoms with Gasteiger partial charge in [0.2, 0.25) is 11.8 Å². The van der Waals surface area contributed by atoms with Crippen molar-refractivity contribution in [2.75, 3.05) is 19.6 Å². The van der Waals surface area contributed by atoms with Gasteiger partial charge in [0.1, 0.15) is 6.04 Å². The van der Waals surface area contributed by atoms with Gasteiger partial charge < -0.3 is 26.0 Å². The lowest BCUT2D eigenvalue weighted by molar-refractivity contribution is -0.522. The third-order valence-corrected chi connectivity index (χ3v) is 7.60. The number of nitrogens with zero attached hydrogens (tertiary/aromatic N) is 3. The molecule has 4 heterocycles. The Morgan fingerprint density at radius 1 is 1.29 bits per heavy atom. The largest absolute Gasteiger partial charge is 0.438 e. The van der Waals surface area contributed by atoms with Gasteiger partial charge in [0.05, 0.1) is 13.1 Å². The minimum Gasteiger partial charge on any atom is -0.438 e. The molecule has 1 aromatic rings. The maximum Gasteiger partial charge on any atom is 0.407 e. The number of ether oxygens (including phenoxy) is 1. The molecule has 5 rings (SSSR count). The second-order valence-corrected chi connectivity index (χ2v) is 10.1. The van der Waals surface area contributed by atoms with Gasteiger partial charge in [0.25, 0.3) is 11.4 Å². The van der Waals surface area contributed by atoms with Gasteiger partial charge in [0.15, 0.2) is 18.1 Å². The fourth-order valence-corrected chi connectivity index (χ4v) is 5.79. The van der Waals surface area contributed by atoms with E-state index in [0.717, 1.165) is 22.4 Å². The van der Waals surface area contributed by atoms with Crippen LogP contribution in [0.4, 0.5) is 4.79 Å². The number of aliphatic imine (C=N–C) groups is 1. The number of guanidine groups is 2. The van der Waals surface area contributed by atoms with Gasteiger partial charge in [-0.15, -0.1) is 0 Å². The van der Waals surface area contributed by atoms with E-state index in [1.807, 2.05) is 25.1 Å². The van der Waals surface area contributed by atoms with E-state index in [-0.39, 0.29) is 49.7 Å². The van der Waals surface area contributed by atoms with Crippen molar-refractivity contribution in [3.8, 4) is 0 Å². The van der Waals surface area contributed by atoms with Gasteiger partial charge in [-0.2, -0.15) is 0 Å². The molecule has 1 aromatic carbocycles. The molecule has 4 atom stereocenters. The number of hydrogen-bond acceptors (Lipinski definition) is 11. The van der Waals surface area contributed by atoms with Crippen molar-refractivity contribution in [2.24, 2.45) is 16.5 Å². The summed E-state index contributed by atoms with van der Waals surface area (Å²) < 4.78 is 5.44. The maximum atomic E-state index is 12.6. The van der Waals surface area contributed by atoms with E-state index in [1.165, 1.54) is 4.90 Å². The summed E-state index contributed by atoms with van der Waals surface area (Å²) in [5, 5.41) is 28.3. The van der Waals surface area contributed by atoms with Gasteiger partial charge in [0, 0.05) is 19.4 Å². The van der Waals surface area contributed by atoms with Crippen molar-refractivity contribution >= 4 is 29.8 Å². The number of nitrogens with two attached hydrogens (primary N) is 2. The van der Waals surface area contributed by atoms with E-state index < -0.39 is 35.7 Å². The third-order valence-electron chi connectivity index (χ3n) is 7.60. The Morgan fingerprint density at radius 3 is 2.74 bits per heavy atom. The number of rotatable bonds is 7. The first kappa shape index (κ1) is 25.7. The molecule has 0 bridgehead atoms. The minimum absolute atomic E-state index is 0.0164. The molecule has 3 amide bonds. The van der Waals surface area contributed by atoms with Crippen LogP contribution in [0.1, 0.15) is 30.4 Å². The highest BCUT2D eigenvalue weighted by atomic mass is 16.6. The quantitative estimate of drug-likeness (QED) is 0.103. The number of aliphatic hydroxyl groups is 2. The molecule has 0 saturated carbocycles. The lowest BCUT2D eigenvalue weighted by Crippen LogP contribution is -2.90. The van der Waals surface area contributed by atoms with Crippen LogP contribution in [-0.2, 0) is 20.7 Å². The van der Waals surface area contributed by atoms with E-state index in [1.54, 1.807) is 0 Å². The van der Waals surface area contributed by atoms with Crippen LogP contribution in [-0.4, -0.2) is 99.1 Å². The molecular formula is C24H33N8O6+. The normalized spacial score (nSPS) is 29.4. The highest BCUT2D eigenvalue weighted by Crippen LogP contribution is 2.42. The molecule has 2 saturated heterocycles. The fraction of sp³-hybridized carbons (Fsp3) is 0.542. The van der Waals surface area contributed by atoms with Crippen LogP contribution in [0, 0.1) is 6.92 Å². The number of aryl methyl sites for hydroxylation is 2. The second-order valence-electron chi connectivity index (χ2n) is 10.1. The summed E-state index contributed by atoms with van der Waals surface area (Å²) in [6.07, 6.45) is -0.613. The van der Waals surface area contributed by atoms with Crippen molar-refractivity contribution < 1.29 is 34.3 Å². The smallest absolute Gasteiger partial charge is 0.407 e. The molecule has 38 heavy (non-hydrogen) atoms. The number of carbonyl (C=O) groups is 3. The first-order valence-corrected chi connectivity index (χ1v) is 12.6. The van der Waals surface area contributed by atoms with Crippen LogP contribution in [0.25, 0.3) is 0 Å². The minimum atomic E-state index is -2.68. The summed E-state index contributed by atoms with van der Waals surface area (Å²) in [7, 11) is 0. The van der Waals surface area contributed by atoms with Gasteiger partial charge in [-0.05, 0) is 25.3 Å². The molecule has 4 aliphatic rings. The van der Waals surface area contributed by atoms with Crippen molar-refractivity contribution in [3.05, 3.63) is 35.4 Å². The van der Waals surface area contributed by atoms with Crippen LogP contribution in [0.15, 0.2) is 29.3 Å². The Kier molecular flexibility index (Phi) is 6.39. The molecule has 1 spiro atoms. The van der Waals surface area contributed by atoms with Crippen molar-refractivity contribution in [2.45, 2.75) is 62.2 Å². The Bertz CT molecular complexity index is 1200. The number of benzene rings is 1. The average Bonchev–Trinajstić information content (AvgIpc) is 3.45. The number of imide groups is 1. The highest BCUT2D eigenvalue weighted by molar-refractivity contribution is 6.02. The monoisotopic (exact) mass is 529 g/mol. The zero-order valence-corrected chi connectivity index (χ0v) is 21.0. The standard InChI is InChI=1S/C24H32N8O6/c1-13-4-2-5-14(10-13)6-3-9-27-22(35)38-16-12-32-21(26)28-15(11-31-17(33)7-8-18(31)34)19-23(32,24(16,36)37)30-20(25)29-19/h2,4-5,10,15-16,19,36-37H,3,6-9,11-12H2,1H3,(H2,26,28)(H,27,35)(H3,25,29,30)/p+1/t15-,16-,19-,23-/m0/s1. The number of carbonyl (C=O) groups excluding carboxylic acids is 3. The zero-order valence-electron chi connectivity index (χ0n) is 21.0. The van der Waals surface area contributed by atoms with Crippen molar-refractivity contribution in [1.29, 1.82) is 0 Å². The molecule has 4 aliphatic heterocycles. The van der Waals surface area contributed by atoms with E-state index >= 15 is 0 Å². The summed E-state index contributed by atoms with van der Waals surface area (Å²) in [6, 6.07) is 6.32. The Labute approximate surface area is 218 Å². The average molecular weight is 530 g/mol. The van der Waals surface area contributed by atoms with E-state index in [9.17, 15) is 24.6 Å². The van der Waals surface area contributed by atoms with E-state index in [2.05, 4.69) is 26.7 Å². The zero-order chi connectivity index (χ0) is 27.2. The Morgan fingerprint density at radius 2 is 2.03 bits per heavy atom. The molecular weight excluding hydrogens is 496 g/mol. The summed E-state index contributed by atoms with van der Waals surface area (Å²) in [6.45, 7) is 2.03. The highest BCUT2D eigenvalue weighted by Gasteiger charge is 2.77. The van der Waals surface area contributed by atoms with Crippen molar-refractivity contribution in [3.63, 3.8) is 0 Å². The van der Waals surface area contributed by atoms with Gasteiger partial charge >= 0.3 is 12.1 Å². The molecule has 9 N–H and O–H groups in total. The number of hydrogen-bond donors (Lipinski definition) is 7. The molecule has 0 aliphatic carbocycles. The summed E-state index contributed by atoms with van der Waals surface area (Å²) >= 11 is 0. The number of nitrogens with one attached hydrogen (secondary N) is 3. The maximum absolute atomic E-state index is 12.6. The van der Waals surface area contributed by atoms with Gasteiger partial charge in [-0.1, -0.05) is 29.8 Å². The molecule has 2 fully saturated rings. The topological polar surface area (TPSA) is 210 Å².